The number of carbonyl (C=O) groups excluding carboxylic acids is 1. The first-order valence-corrected chi connectivity index (χ1v) is 7.58. The zero-order valence-electron chi connectivity index (χ0n) is 14.6. The number of benzene rings is 1. The van der Waals surface area contributed by atoms with Crippen molar-refractivity contribution in [2.75, 3.05) is 27.8 Å². The molecular weight excluding hydrogens is 355 g/mol. The Morgan fingerprint density at radius 3 is 2.31 bits per heavy atom. The van der Waals surface area contributed by atoms with Crippen molar-refractivity contribution in [1.29, 1.82) is 0 Å². The van der Waals surface area contributed by atoms with Crippen molar-refractivity contribution < 1.29 is 32.2 Å². The zero-order valence-corrected chi connectivity index (χ0v) is 14.6. The molecule has 26 heavy (non-hydrogen) atoms. The lowest BCUT2D eigenvalue weighted by molar-refractivity contribution is -0.204. The van der Waals surface area contributed by atoms with Gasteiger partial charge in [-0.15, -0.1) is 0 Å². The Morgan fingerprint density at radius 1 is 1.23 bits per heavy atom. The van der Waals surface area contributed by atoms with Gasteiger partial charge >= 0.3 is 17.8 Å². The Morgan fingerprint density at radius 2 is 1.85 bits per heavy atom. The summed E-state index contributed by atoms with van der Waals surface area (Å²) in [5.41, 5.74) is -3.21. The van der Waals surface area contributed by atoms with Crippen LogP contribution in [0.4, 0.5) is 13.2 Å². The summed E-state index contributed by atoms with van der Waals surface area (Å²) in [6, 6.07) is 5.56. The van der Waals surface area contributed by atoms with Crippen molar-refractivity contribution in [1.82, 2.24) is 4.90 Å². The molecule has 1 heterocycles. The Labute approximate surface area is 148 Å². The van der Waals surface area contributed by atoms with Crippen LogP contribution in [0.2, 0.25) is 0 Å². The number of amidine groups is 1. The van der Waals surface area contributed by atoms with Gasteiger partial charge < -0.3 is 19.1 Å². The second-order valence-electron chi connectivity index (χ2n) is 5.43. The predicted molar refractivity (Wildman–Crippen MR) is 87.2 cm³/mol. The van der Waals surface area contributed by atoms with Crippen LogP contribution in [0.5, 0.6) is 5.75 Å². The fourth-order valence-electron chi connectivity index (χ4n) is 2.06. The summed E-state index contributed by atoms with van der Waals surface area (Å²) in [6.45, 7) is 1.14. The molecular formula is C16H18F3N3O4. The molecule has 0 amide bonds. The van der Waals surface area contributed by atoms with Crippen molar-refractivity contribution in [2.24, 2.45) is 9.98 Å². The number of ether oxygens (including phenoxy) is 3. The maximum absolute atomic E-state index is 13.8. The third-order valence-electron chi connectivity index (χ3n) is 3.38. The topological polar surface area (TPSA) is 72.7 Å². The van der Waals surface area contributed by atoms with Crippen molar-refractivity contribution in [3.63, 3.8) is 0 Å². The Hall–Kier alpha value is -2.78. The molecule has 1 aliphatic heterocycles. The van der Waals surface area contributed by atoms with E-state index in [1.807, 2.05) is 0 Å². The van der Waals surface area contributed by atoms with E-state index in [4.69, 9.17) is 9.47 Å². The Bertz CT molecular complexity index is 729. The third-order valence-corrected chi connectivity index (χ3v) is 3.38. The summed E-state index contributed by atoms with van der Waals surface area (Å²) >= 11 is 0. The van der Waals surface area contributed by atoms with Gasteiger partial charge in [0.1, 0.15) is 5.75 Å². The van der Waals surface area contributed by atoms with E-state index in [-0.39, 0.29) is 12.2 Å². The molecule has 0 bridgehead atoms. The minimum atomic E-state index is -5.12. The van der Waals surface area contributed by atoms with Crippen LogP contribution in [0.1, 0.15) is 12.5 Å². The number of nitrogens with zero attached hydrogens (tertiary/aromatic N) is 3. The third kappa shape index (κ3) is 3.58. The predicted octanol–water partition coefficient (Wildman–Crippen LogP) is 2.21. The SMILES string of the molecule is CCOC(=O)C1(C(F)(F)F)N=C(c2ccc(OC)cc2)OC(N(C)C)=N1. The molecule has 1 aliphatic rings. The van der Waals surface area contributed by atoms with Gasteiger partial charge in [0.05, 0.1) is 13.7 Å². The van der Waals surface area contributed by atoms with Crippen LogP contribution >= 0.6 is 0 Å². The van der Waals surface area contributed by atoms with Crippen molar-refractivity contribution in [3.05, 3.63) is 29.8 Å². The number of carbonyl (C=O) groups is 1. The highest BCUT2D eigenvalue weighted by Crippen LogP contribution is 2.39. The minimum Gasteiger partial charge on any atom is -0.497 e. The van der Waals surface area contributed by atoms with Gasteiger partial charge in [0.2, 0.25) is 5.90 Å². The Balaban J connectivity index is 2.62. The molecule has 10 heteroatoms. The average Bonchev–Trinajstić information content (AvgIpc) is 2.60. The first-order valence-electron chi connectivity index (χ1n) is 7.58. The summed E-state index contributed by atoms with van der Waals surface area (Å²) in [4.78, 5) is 20.3. The maximum atomic E-state index is 13.8. The van der Waals surface area contributed by atoms with Gasteiger partial charge in [0.15, 0.2) is 0 Å². The fourth-order valence-corrected chi connectivity index (χ4v) is 2.06. The number of aliphatic imine (C=N–C) groups is 2. The number of halogens is 3. The molecule has 0 aliphatic carbocycles. The van der Waals surface area contributed by atoms with Gasteiger partial charge in [-0.1, -0.05) is 0 Å². The molecule has 1 aromatic rings. The van der Waals surface area contributed by atoms with Gasteiger partial charge in [-0.2, -0.15) is 23.2 Å². The van der Waals surface area contributed by atoms with Crippen molar-refractivity contribution in [3.8, 4) is 5.75 Å². The smallest absolute Gasteiger partial charge is 0.446 e. The first-order chi connectivity index (χ1) is 12.1. The Kier molecular flexibility index (Phi) is 5.43. The van der Waals surface area contributed by atoms with Crippen LogP contribution in [-0.4, -0.2) is 62.4 Å². The standard InChI is InChI=1S/C16H18F3N3O4/c1-5-25-13(23)15(16(17,18)19)20-12(26-14(21-15)22(2)3)10-6-8-11(24-4)9-7-10/h6-9H,5H2,1-4H3. The van der Waals surface area contributed by atoms with E-state index in [0.29, 0.717) is 5.75 Å². The highest BCUT2D eigenvalue weighted by atomic mass is 19.4. The number of esters is 1. The molecule has 142 valence electrons. The van der Waals surface area contributed by atoms with E-state index in [2.05, 4.69) is 14.7 Å². The van der Waals surface area contributed by atoms with Crippen LogP contribution in [0.3, 0.4) is 0 Å². The van der Waals surface area contributed by atoms with E-state index in [0.717, 1.165) is 0 Å². The normalized spacial score (nSPS) is 19.8. The largest absolute Gasteiger partial charge is 0.497 e. The summed E-state index contributed by atoms with van der Waals surface area (Å²) in [6.07, 6.45) is -5.12. The molecule has 1 atom stereocenters. The first kappa shape index (κ1) is 19.5. The molecule has 2 rings (SSSR count). The molecule has 0 N–H and O–H groups in total. The monoisotopic (exact) mass is 373 g/mol. The lowest BCUT2D eigenvalue weighted by Crippen LogP contribution is -2.54. The van der Waals surface area contributed by atoms with E-state index in [9.17, 15) is 18.0 Å². The van der Waals surface area contributed by atoms with Crippen molar-refractivity contribution in [2.45, 2.75) is 18.8 Å². The molecule has 1 aromatic carbocycles. The van der Waals surface area contributed by atoms with Crippen LogP contribution in [0.15, 0.2) is 34.3 Å². The molecule has 0 saturated carbocycles. The molecule has 0 fully saturated rings. The lowest BCUT2D eigenvalue weighted by atomic mass is 10.1. The molecule has 0 radical (unpaired) electrons. The van der Waals surface area contributed by atoms with Gasteiger partial charge in [-0.3, -0.25) is 0 Å². The summed E-state index contributed by atoms with van der Waals surface area (Å²) < 4.78 is 56.4. The number of alkyl halides is 3. The van der Waals surface area contributed by atoms with Crippen LogP contribution in [0.25, 0.3) is 0 Å². The minimum absolute atomic E-state index is 0.220. The van der Waals surface area contributed by atoms with Crippen LogP contribution in [0, 0.1) is 0 Å². The number of hydrogen-bond acceptors (Lipinski definition) is 7. The van der Waals surface area contributed by atoms with Gasteiger partial charge in [-0.25, -0.2) is 4.79 Å². The van der Waals surface area contributed by atoms with E-state index < -0.39 is 29.7 Å². The lowest BCUT2D eigenvalue weighted by Gasteiger charge is -2.32. The van der Waals surface area contributed by atoms with Gasteiger partial charge in [0, 0.05) is 19.7 Å². The highest BCUT2D eigenvalue weighted by molar-refractivity contribution is 6.05. The average molecular weight is 373 g/mol. The molecule has 0 aromatic heterocycles. The van der Waals surface area contributed by atoms with E-state index in [1.165, 1.54) is 57.3 Å². The number of rotatable bonds is 4. The summed E-state index contributed by atoms with van der Waals surface area (Å²) in [7, 11) is 4.32. The fraction of sp³-hybridized carbons (Fsp3) is 0.438. The molecule has 7 nitrogen and oxygen atoms in total. The number of methoxy groups -OCH3 is 1. The second-order valence-corrected chi connectivity index (χ2v) is 5.43. The number of hydrogen-bond donors (Lipinski definition) is 0. The summed E-state index contributed by atoms with van der Waals surface area (Å²) in [5, 5.41) is 0. The molecule has 0 spiro atoms. The van der Waals surface area contributed by atoms with Gasteiger partial charge in [0.25, 0.3) is 6.02 Å². The quantitative estimate of drug-likeness (QED) is 0.757. The van der Waals surface area contributed by atoms with Crippen molar-refractivity contribution >= 4 is 17.9 Å². The molecule has 1 unspecified atom stereocenters. The second kappa shape index (κ2) is 7.22. The summed E-state index contributed by atoms with van der Waals surface area (Å²) in [5.74, 6) is -1.53. The maximum Gasteiger partial charge on any atom is 0.446 e. The van der Waals surface area contributed by atoms with Crippen LogP contribution in [-0.2, 0) is 14.3 Å². The van der Waals surface area contributed by atoms with E-state index in [1.54, 1.807) is 0 Å². The highest BCUT2D eigenvalue weighted by Gasteiger charge is 2.65. The van der Waals surface area contributed by atoms with E-state index >= 15 is 0 Å². The van der Waals surface area contributed by atoms with Crippen LogP contribution < -0.4 is 4.74 Å². The van der Waals surface area contributed by atoms with Gasteiger partial charge in [-0.05, 0) is 31.2 Å². The molecule has 0 saturated heterocycles. The zero-order chi connectivity index (χ0) is 19.5.